The number of hydrogen-bond acceptors (Lipinski definition) is 7. The van der Waals surface area contributed by atoms with Crippen LogP contribution in [0, 0.1) is 11.6 Å². The molecule has 10 heteroatoms. The maximum atomic E-state index is 11.9. The van der Waals surface area contributed by atoms with E-state index in [1.807, 2.05) is 12.1 Å². The predicted octanol–water partition coefficient (Wildman–Crippen LogP) is 5.42. The largest absolute Gasteiger partial charge is 0.494 e. The molecular weight excluding hydrogens is 526 g/mol. The quantitative estimate of drug-likeness (QED) is 0.204. The third-order valence-electron chi connectivity index (χ3n) is 6.59. The van der Waals surface area contributed by atoms with Gasteiger partial charge in [-0.3, -0.25) is 4.68 Å². The summed E-state index contributed by atoms with van der Waals surface area (Å²) in [6.07, 6.45) is 4.07. The number of rotatable bonds is 10. The van der Waals surface area contributed by atoms with Crippen molar-refractivity contribution in [1.82, 2.24) is 14.8 Å². The van der Waals surface area contributed by atoms with Crippen molar-refractivity contribution in [2.75, 3.05) is 54.9 Å². The Morgan fingerprint density at radius 3 is 1.93 bits per heavy atom. The third-order valence-corrected chi connectivity index (χ3v) is 6.59. The highest BCUT2D eigenvalue weighted by molar-refractivity contribution is 5.55. The number of piperazine rings is 1. The summed E-state index contributed by atoms with van der Waals surface area (Å²) in [6, 6.07) is 21.1. The van der Waals surface area contributed by atoms with Gasteiger partial charge in [0.15, 0.2) is 0 Å². The molecule has 0 atom stereocenters. The molecule has 0 saturated carbocycles. The van der Waals surface area contributed by atoms with E-state index >= 15 is 0 Å². The molecule has 41 heavy (non-hydrogen) atoms. The normalized spacial score (nSPS) is 13.5. The van der Waals surface area contributed by atoms with Gasteiger partial charge in [0, 0.05) is 55.7 Å². The molecule has 4 aromatic rings. The molecule has 1 aliphatic heterocycles. The van der Waals surface area contributed by atoms with E-state index in [-0.39, 0.29) is 5.60 Å². The van der Waals surface area contributed by atoms with Crippen molar-refractivity contribution >= 4 is 17.1 Å². The number of benzene rings is 3. The van der Waals surface area contributed by atoms with Gasteiger partial charge < -0.3 is 25.0 Å². The van der Waals surface area contributed by atoms with Gasteiger partial charge in [-0.1, -0.05) is 6.07 Å². The minimum absolute atomic E-state index is 0.298. The van der Waals surface area contributed by atoms with Gasteiger partial charge in [-0.2, -0.15) is 5.10 Å². The zero-order chi connectivity index (χ0) is 29.1. The number of aromatic nitrogens is 3. The molecule has 0 amide bonds. The second kappa shape index (κ2) is 14.5. The van der Waals surface area contributed by atoms with Gasteiger partial charge in [-0.25, -0.2) is 13.8 Å². The first-order chi connectivity index (χ1) is 19.8. The van der Waals surface area contributed by atoms with Crippen LogP contribution < -0.4 is 20.3 Å². The second-order valence-corrected chi connectivity index (χ2v) is 10.4. The summed E-state index contributed by atoms with van der Waals surface area (Å²) in [5, 5.41) is 4.14. The molecular formula is C31H38F2N6O2. The van der Waals surface area contributed by atoms with Crippen LogP contribution in [-0.4, -0.2) is 59.8 Å². The van der Waals surface area contributed by atoms with E-state index in [2.05, 4.69) is 70.1 Å². The first-order valence-corrected chi connectivity index (χ1v) is 13.7. The molecule has 218 valence electrons. The first-order valence-electron chi connectivity index (χ1n) is 13.7. The molecule has 5 rings (SSSR count). The van der Waals surface area contributed by atoms with Gasteiger partial charge in [-0.15, -0.1) is 0 Å². The van der Waals surface area contributed by atoms with Crippen LogP contribution in [-0.2, 0) is 11.3 Å². The van der Waals surface area contributed by atoms with Crippen molar-refractivity contribution in [3.8, 4) is 5.75 Å². The summed E-state index contributed by atoms with van der Waals surface area (Å²) in [6.45, 7) is 10.0. The molecule has 2 heterocycles. The van der Waals surface area contributed by atoms with E-state index < -0.39 is 11.6 Å². The van der Waals surface area contributed by atoms with Crippen molar-refractivity contribution < 1.29 is 18.3 Å². The number of nitrogens with zero attached hydrogens (tertiary/aromatic N) is 5. The van der Waals surface area contributed by atoms with E-state index in [4.69, 9.17) is 15.2 Å². The highest BCUT2D eigenvalue weighted by Crippen LogP contribution is 2.23. The van der Waals surface area contributed by atoms with E-state index in [0.29, 0.717) is 19.8 Å². The van der Waals surface area contributed by atoms with Crippen molar-refractivity contribution in [2.24, 2.45) is 0 Å². The summed E-state index contributed by atoms with van der Waals surface area (Å²) >= 11 is 0. The van der Waals surface area contributed by atoms with Crippen molar-refractivity contribution in [3.63, 3.8) is 0 Å². The number of nitrogens with two attached hydrogens (primary N) is 1. The Bertz CT molecular complexity index is 1290. The van der Waals surface area contributed by atoms with Crippen LogP contribution in [0.2, 0.25) is 0 Å². The summed E-state index contributed by atoms with van der Waals surface area (Å²) in [7, 11) is 0. The molecule has 1 saturated heterocycles. The minimum atomic E-state index is -0.537. The molecule has 2 N–H and O–H groups in total. The average molecular weight is 565 g/mol. The lowest BCUT2D eigenvalue weighted by Crippen LogP contribution is -2.46. The third kappa shape index (κ3) is 9.75. The molecule has 0 bridgehead atoms. The number of hydrogen-bond donors (Lipinski definition) is 1. The fourth-order valence-electron chi connectivity index (χ4n) is 4.47. The molecule has 0 spiro atoms. The van der Waals surface area contributed by atoms with Gasteiger partial charge in [-0.05, 0) is 74.5 Å². The minimum Gasteiger partial charge on any atom is -0.494 e. The van der Waals surface area contributed by atoms with Crippen molar-refractivity contribution in [1.29, 1.82) is 0 Å². The fraction of sp³-hybridized carbons (Fsp3) is 0.355. The van der Waals surface area contributed by atoms with Crippen LogP contribution >= 0.6 is 0 Å². The lowest BCUT2D eigenvalue weighted by atomic mass is 10.1. The average Bonchev–Trinajstić information content (AvgIpc) is 3.46. The predicted molar refractivity (Wildman–Crippen MR) is 158 cm³/mol. The Morgan fingerprint density at radius 2 is 1.41 bits per heavy atom. The lowest BCUT2D eigenvalue weighted by Gasteiger charge is -2.37. The SMILES string of the molecule is CC(C)(Cn1cncn1)OCCCOc1ccc(N2CCN(c3ccc(N)cc3)CC2)cc1.Fc1cccc(F)c1. The standard InChI is InChI=1S/C25H34N6O2.C6H4F2/c1-25(2,18-31-20-27-19-28-31)33-17-3-16-32-24-10-8-23(9-11-24)30-14-12-29(13-15-30)22-6-4-21(26)5-7-22;7-5-2-1-3-6(8)4-5/h4-11,19-20H,3,12-18,26H2,1-2H3;1-4H. The van der Waals surface area contributed by atoms with E-state index in [0.717, 1.165) is 50.1 Å². The summed E-state index contributed by atoms with van der Waals surface area (Å²) in [5.74, 6) is -0.184. The summed E-state index contributed by atoms with van der Waals surface area (Å²) < 4.78 is 37.6. The summed E-state index contributed by atoms with van der Waals surface area (Å²) in [4.78, 5) is 8.80. The smallest absolute Gasteiger partial charge is 0.137 e. The van der Waals surface area contributed by atoms with Crippen LogP contribution in [0.25, 0.3) is 0 Å². The van der Waals surface area contributed by atoms with E-state index in [9.17, 15) is 8.78 Å². The topological polar surface area (TPSA) is 81.7 Å². The zero-order valence-corrected chi connectivity index (χ0v) is 23.6. The maximum absolute atomic E-state index is 11.9. The van der Waals surface area contributed by atoms with Gasteiger partial charge in [0.1, 0.15) is 30.0 Å². The van der Waals surface area contributed by atoms with Crippen LogP contribution in [0.4, 0.5) is 25.8 Å². The van der Waals surface area contributed by atoms with Gasteiger partial charge in [0.25, 0.3) is 0 Å². The van der Waals surface area contributed by atoms with Crippen LogP contribution in [0.5, 0.6) is 5.75 Å². The van der Waals surface area contributed by atoms with E-state index in [1.165, 1.54) is 35.9 Å². The molecule has 0 aliphatic carbocycles. The number of nitrogen functional groups attached to an aromatic ring is 1. The van der Waals surface area contributed by atoms with Gasteiger partial charge in [0.2, 0.25) is 0 Å². The highest BCUT2D eigenvalue weighted by atomic mass is 19.1. The molecule has 3 aromatic carbocycles. The van der Waals surface area contributed by atoms with Crippen LogP contribution in [0.3, 0.4) is 0 Å². The number of ether oxygens (including phenoxy) is 2. The molecule has 1 fully saturated rings. The van der Waals surface area contributed by atoms with Crippen molar-refractivity contribution in [2.45, 2.75) is 32.4 Å². The number of anilines is 3. The maximum Gasteiger partial charge on any atom is 0.137 e. The summed E-state index contributed by atoms with van der Waals surface area (Å²) in [5.41, 5.74) is 8.78. The molecule has 1 aromatic heterocycles. The fourth-order valence-corrected chi connectivity index (χ4v) is 4.47. The lowest BCUT2D eigenvalue weighted by molar-refractivity contribution is -0.0354. The first kappa shape index (κ1) is 29.8. The van der Waals surface area contributed by atoms with E-state index in [1.54, 1.807) is 11.0 Å². The Kier molecular flexibility index (Phi) is 10.5. The highest BCUT2D eigenvalue weighted by Gasteiger charge is 2.20. The second-order valence-electron chi connectivity index (χ2n) is 10.4. The molecule has 8 nitrogen and oxygen atoms in total. The Balaban J connectivity index is 0.000000417. The molecule has 0 unspecified atom stereocenters. The Morgan fingerprint density at radius 1 is 0.829 bits per heavy atom. The molecule has 1 aliphatic rings. The van der Waals surface area contributed by atoms with Gasteiger partial charge in [0.05, 0.1) is 25.4 Å². The zero-order valence-electron chi connectivity index (χ0n) is 23.6. The molecule has 0 radical (unpaired) electrons. The number of halogens is 2. The Hall–Kier alpha value is -4.18. The van der Waals surface area contributed by atoms with Crippen molar-refractivity contribution in [3.05, 3.63) is 97.1 Å². The Labute approximate surface area is 240 Å². The van der Waals surface area contributed by atoms with Crippen LogP contribution in [0.1, 0.15) is 20.3 Å². The monoisotopic (exact) mass is 564 g/mol. The van der Waals surface area contributed by atoms with Crippen LogP contribution in [0.15, 0.2) is 85.5 Å². The van der Waals surface area contributed by atoms with Gasteiger partial charge >= 0.3 is 0 Å².